The first-order valence-electron chi connectivity index (χ1n) is 9.96. The van der Waals surface area contributed by atoms with Crippen LogP contribution in [0.2, 0.25) is 5.02 Å². The number of carbonyl (C=O) groups excluding carboxylic acids is 1. The Morgan fingerprint density at radius 3 is 2.45 bits per heavy atom. The third kappa shape index (κ3) is 5.35. The molecule has 0 radical (unpaired) electrons. The second kappa shape index (κ2) is 9.79. The van der Waals surface area contributed by atoms with Crippen molar-refractivity contribution in [3.8, 4) is 17.2 Å². The summed E-state index contributed by atoms with van der Waals surface area (Å²) in [5, 5.41) is 9.45. The Kier molecular flexibility index (Phi) is 6.65. The lowest BCUT2D eigenvalue weighted by Gasteiger charge is -2.24. The number of fused-ring (bicyclic) bond motifs is 1. The number of hydrogen-bond acceptors (Lipinski definition) is 5. The number of aromatic carboxylic acids is 1. The summed E-state index contributed by atoms with van der Waals surface area (Å²) < 4.78 is 29.6. The number of rotatable bonds is 8. The molecule has 0 aromatic heterocycles. The number of carboxylic acid groups (broad SMARTS) is 1. The van der Waals surface area contributed by atoms with Crippen LogP contribution in [-0.4, -0.2) is 35.3 Å². The highest BCUT2D eigenvalue weighted by molar-refractivity contribution is 6.32. The van der Waals surface area contributed by atoms with Crippen molar-refractivity contribution in [2.45, 2.75) is 13.1 Å². The summed E-state index contributed by atoms with van der Waals surface area (Å²) in [5.41, 5.74) is 1.37. The van der Waals surface area contributed by atoms with E-state index in [-0.39, 0.29) is 42.0 Å². The second-order valence-electron chi connectivity index (χ2n) is 7.27. The molecule has 7 nitrogen and oxygen atoms in total. The summed E-state index contributed by atoms with van der Waals surface area (Å²) in [6.45, 7) is 0.0973. The van der Waals surface area contributed by atoms with Gasteiger partial charge in [0.05, 0.1) is 5.02 Å². The zero-order valence-corrected chi connectivity index (χ0v) is 18.0. The van der Waals surface area contributed by atoms with E-state index in [1.807, 2.05) is 6.07 Å². The smallest absolute Gasteiger partial charge is 0.339 e. The predicted molar refractivity (Wildman–Crippen MR) is 117 cm³/mol. The van der Waals surface area contributed by atoms with Crippen LogP contribution in [0.4, 0.5) is 4.39 Å². The van der Waals surface area contributed by atoms with Gasteiger partial charge >= 0.3 is 5.97 Å². The van der Waals surface area contributed by atoms with Crippen molar-refractivity contribution >= 4 is 23.5 Å². The van der Waals surface area contributed by atoms with Crippen LogP contribution in [0.3, 0.4) is 0 Å². The molecule has 4 rings (SSSR count). The van der Waals surface area contributed by atoms with Crippen molar-refractivity contribution in [3.63, 3.8) is 0 Å². The van der Waals surface area contributed by atoms with Crippen molar-refractivity contribution in [1.29, 1.82) is 0 Å². The molecule has 3 aromatic rings. The summed E-state index contributed by atoms with van der Waals surface area (Å²) in [5.74, 6) is -0.879. The van der Waals surface area contributed by atoms with Crippen molar-refractivity contribution in [2.24, 2.45) is 0 Å². The molecule has 170 valence electrons. The number of benzene rings is 3. The third-order valence-electron chi connectivity index (χ3n) is 4.99. The van der Waals surface area contributed by atoms with Crippen LogP contribution >= 0.6 is 11.6 Å². The molecule has 1 aliphatic rings. The second-order valence-corrected chi connectivity index (χ2v) is 7.68. The molecule has 1 heterocycles. The zero-order chi connectivity index (χ0) is 23.4. The van der Waals surface area contributed by atoms with Crippen LogP contribution in [0.15, 0.2) is 60.7 Å². The lowest BCUT2D eigenvalue weighted by molar-refractivity contribution is -0.134. The van der Waals surface area contributed by atoms with Crippen LogP contribution < -0.4 is 14.2 Å². The van der Waals surface area contributed by atoms with Gasteiger partial charge in [0.25, 0.3) is 5.91 Å². The van der Waals surface area contributed by atoms with Crippen LogP contribution in [0, 0.1) is 5.82 Å². The topological polar surface area (TPSA) is 85.3 Å². The van der Waals surface area contributed by atoms with Gasteiger partial charge < -0.3 is 24.2 Å². The van der Waals surface area contributed by atoms with E-state index in [0.29, 0.717) is 11.5 Å². The Morgan fingerprint density at radius 2 is 1.70 bits per heavy atom. The zero-order valence-electron chi connectivity index (χ0n) is 17.3. The fourth-order valence-electron chi connectivity index (χ4n) is 3.35. The van der Waals surface area contributed by atoms with E-state index >= 15 is 0 Å². The molecule has 0 saturated heterocycles. The Hall–Kier alpha value is -3.78. The summed E-state index contributed by atoms with van der Waals surface area (Å²) in [4.78, 5) is 26.1. The van der Waals surface area contributed by atoms with E-state index in [1.54, 1.807) is 24.3 Å². The molecule has 0 bridgehead atoms. The van der Waals surface area contributed by atoms with Crippen molar-refractivity contribution in [1.82, 2.24) is 4.90 Å². The minimum Gasteiger partial charge on any atom is -0.481 e. The lowest BCUT2D eigenvalue weighted by Crippen LogP contribution is -2.34. The molecular formula is C24H19ClFNO6. The van der Waals surface area contributed by atoms with Crippen LogP contribution in [-0.2, 0) is 17.9 Å². The SMILES string of the molecule is O=C(O)c1cccc(Cl)c1OCC(=O)N(Cc1ccc(F)cc1)Cc1ccc2c(c1)OCO2. The van der Waals surface area contributed by atoms with Gasteiger partial charge in [0.1, 0.15) is 11.4 Å². The standard InChI is InChI=1S/C24H19ClFNO6/c25-19-3-1-2-18(24(29)30)23(19)31-13-22(28)27(11-15-4-7-17(26)8-5-15)12-16-6-9-20-21(10-16)33-14-32-20/h1-10H,11-14H2,(H,29,30). The number of para-hydroxylation sites is 1. The van der Waals surface area contributed by atoms with Gasteiger partial charge in [-0.3, -0.25) is 4.79 Å². The van der Waals surface area contributed by atoms with E-state index in [9.17, 15) is 19.1 Å². The maximum absolute atomic E-state index is 13.3. The first-order valence-corrected chi connectivity index (χ1v) is 10.3. The maximum Gasteiger partial charge on any atom is 0.339 e. The van der Waals surface area contributed by atoms with Gasteiger partial charge in [0.15, 0.2) is 23.9 Å². The van der Waals surface area contributed by atoms with E-state index in [4.69, 9.17) is 25.8 Å². The maximum atomic E-state index is 13.3. The Bertz CT molecular complexity index is 1180. The lowest BCUT2D eigenvalue weighted by atomic mass is 10.1. The van der Waals surface area contributed by atoms with Gasteiger partial charge in [-0.1, -0.05) is 35.9 Å². The predicted octanol–water partition coefficient (Wildman–Crippen LogP) is 4.51. The average Bonchev–Trinajstić information content (AvgIpc) is 3.26. The fraction of sp³-hybridized carbons (Fsp3) is 0.167. The fourth-order valence-corrected chi connectivity index (χ4v) is 3.58. The van der Waals surface area contributed by atoms with E-state index in [0.717, 1.165) is 11.1 Å². The molecule has 1 aliphatic heterocycles. The van der Waals surface area contributed by atoms with Crippen LogP contribution in [0.1, 0.15) is 21.5 Å². The monoisotopic (exact) mass is 471 g/mol. The molecule has 0 fully saturated rings. The number of hydrogen-bond donors (Lipinski definition) is 1. The number of halogens is 2. The molecule has 9 heteroatoms. The van der Waals surface area contributed by atoms with Gasteiger partial charge in [0, 0.05) is 13.1 Å². The minimum absolute atomic E-state index is 0.0789. The van der Waals surface area contributed by atoms with Gasteiger partial charge in [-0.05, 0) is 47.5 Å². The molecule has 3 aromatic carbocycles. The number of carbonyl (C=O) groups is 2. The van der Waals surface area contributed by atoms with Gasteiger partial charge in [-0.2, -0.15) is 0 Å². The highest BCUT2D eigenvalue weighted by Crippen LogP contribution is 2.33. The Labute approximate surface area is 193 Å². The molecule has 1 N–H and O–H groups in total. The van der Waals surface area contributed by atoms with Crippen molar-refractivity contribution < 1.29 is 33.3 Å². The highest BCUT2D eigenvalue weighted by Gasteiger charge is 2.21. The quantitative estimate of drug-likeness (QED) is 0.520. The molecule has 0 aliphatic carbocycles. The van der Waals surface area contributed by atoms with Crippen molar-refractivity contribution in [3.05, 3.63) is 88.2 Å². The van der Waals surface area contributed by atoms with Gasteiger partial charge in [0.2, 0.25) is 6.79 Å². The Balaban J connectivity index is 1.54. The molecule has 0 unspecified atom stereocenters. The molecular weight excluding hydrogens is 453 g/mol. The van der Waals surface area contributed by atoms with E-state index < -0.39 is 18.5 Å². The molecule has 0 spiro atoms. The minimum atomic E-state index is -1.22. The average molecular weight is 472 g/mol. The third-order valence-corrected chi connectivity index (χ3v) is 5.28. The molecule has 1 amide bonds. The summed E-state index contributed by atoms with van der Waals surface area (Å²) >= 11 is 6.09. The van der Waals surface area contributed by atoms with E-state index in [1.165, 1.54) is 35.2 Å². The summed E-state index contributed by atoms with van der Waals surface area (Å²) in [7, 11) is 0. The normalized spacial score (nSPS) is 11.8. The number of carboxylic acids is 1. The largest absolute Gasteiger partial charge is 0.481 e. The van der Waals surface area contributed by atoms with Gasteiger partial charge in [-0.15, -0.1) is 0 Å². The number of nitrogens with zero attached hydrogens (tertiary/aromatic N) is 1. The molecule has 33 heavy (non-hydrogen) atoms. The number of amides is 1. The molecule has 0 saturated carbocycles. The highest BCUT2D eigenvalue weighted by atomic mass is 35.5. The number of ether oxygens (including phenoxy) is 3. The van der Waals surface area contributed by atoms with E-state index in [2.05, 4.69) is 0 Å². The van der Waals surface area contributed by atoms with Crippen molar-refractivity contribution in [2.75, 3.05) is 13.4 Å². The first kappa shape index (κ1) is 22.4. The summed E-state index contributed by atoms with van der Waals surface area (Å²) in [6.07, 6.45) is 0. The van der Waals surface area contributed by atoms with Crippen LogP contribution in [0.25, 0.3) is 0 Å². The molecule has 0 atom stereocenters. The van der Waals surface area contributed by atoms with Crippen LogP contribution in [0.5, 0.6) is 17.2 Å². The first-order chi connectivity index (χ1) is 15.9. The Morgan fingerprint density at radius 1 is 1.00 bits per heavy atom. The van der Waals surface area contributed by atoms with Gasteiger partial charge in [-0.25, -0.2) is 9.18 Å². The summed E-state index contributed by atoms with van der Waals surface area (Å²) in [6, 6.07) is 15.5.